The number of nitrogens with zero attached hydrogens (tertiary/aromatic N) is 1. The second kappa shape index (κ2) is 9.96. The molecule has 0 atom stereocenters. The first-order chi connectivity index (χ1) is 14.6. The van der Waals surface area contributed by atoms with Crippen molar-refractivity contribution in [1.82, 2.24) is 4.98 Å². The van der Waals surface area contributed by atoms with Crippen molar-refractivity contribution in [2.75, 3.05) is 19.5 Å². The molecule has 0 unspecified atom stereocenters. The number of carbonyl (C=O) groups excluding carboxylic acids is 1. The lowest BCUT2D eigenvalue weighted by atomic mass is 10.0. The molecule has 1 amide bonds. The highest BCUT2D eigenvalue weighted by atomic mass is 16.5. The molecule has 1 heterocycles. The SMILES string of the molecule is CCc1cccc(CC)c1NC(=O)CCc1ncc(-c2ccc(OC)cc2OC)o1. The van der Waals surface area contributed by atoms with Crippen LogP contribution in [0.15, 0.2) is 47.0 Å². The zero-order valence-corrected chi connectivity index (χ0v) is 18.0. The van der Waals surface area contributed by atoms with Crippen LogP contribution in [0.4, 0.5) is 5.69 Å². The van der Waals surface area contributed by atoms with Crippen LogP contribution in [0.25, 0.3) is 11.3 Å². The summed E-state index contributed by atoms with van der Waals surface area (Å²) in [6, 6.07) is 11.6. The van der Waals surface area contributed by atoms with Crippen molar-refractivity contribution < 1.29 is 18.7 Å². The summed E-state index contributed by atoms with van der Waals surface area (Å²) >= 11 is 0. The Bertz CT molecular complexity index is 988. The molecule has 158 valence electrons. The van der Waals surface area contributed by atoms with Crippen LogP contribution in [0, 0.1) is 0 Å². The van der Waals surface area contributed by atoms with Crippen molar-refractivity contribution in [3.05, 3.63) is 59.6 Å². The predicted molar refractivity (Wildman–Crippen MR) is 117 cm³/mol. The molecule has 3 aromatic rings. The van der Waals surface area contributed by atoms with E-state index in [2.05, 4.69) is 36.3 Å². The first-order valence-corrected chi connectivity index (χ1v) is 10.2. The van der Waals surface area contributed by atoms with Gasteiger partial charge in [0, 0.05) is 24.6 Å². The molecule has 0 saturated heterocycles. The third-order valence-corrected chi connectivity index (χ3v) is 5.06. The van der Waals surface area contributed by atoms with E-state index < -0.39 is 0 Å². The molecule has 3 rings (SSSR count). The molecule has 0 radical (unpaired) electrons. The highest BCUT2D eigenvalue weighted by Crippen LogP contribution is 2.33. The van der Waals surface area contributed by atoms with Gasteiger partial charge in [-0.25, -0.2) is 4.98 Å². The number of aryl methyl sites for hydroxylation is 3. The minimum Gasteiger partial charge on any atom is -0.497 e. The van der Waals surface area contributed by atoms with Crippen LogP contribution in [0.1, 0.15) is 37.3 Å². The summed E-state index contributed by atoms with van der Waals surface area (Å²) in [5.74, 6) is 2.39. The van der Waals surface area contributed by atoms with E-state index >= 15 is 0 Å². The van der Waals surface area contributed by atoms with Crippen LogP contribution in [-0.2, 0) is 24.1 Å². The van der Waals surface area contributed by atoms with Crippen LogP contribution >= 0.6 is 0 Å². The van der Waals surface area contributed by atoms with E-state index in [9.17, 15) is 4.79 Å². The topological polar surface area (TPSA) is 73.6 Å². The highest BCUT2D eigenvalue weighted by molar-refractivity contribution is 5.92. The molecule has 1 aromatic heterocycles. The molecular weight excluding hydrogens is 380 g/mol. The molecule has 0 saturated carbocycles. The van der Waals surface area contributed by atoms with Crippen molar-refractivity contribution in [1.29, 1.82) is 0 Å². The van der Waals surface area contributed by atoms with Gasteiger partial charge in [0.05, 0.1) is 26.0 Å². The maximum Gasteiger partial charge on any atom is 0.224 e. The second-order valence-electron chi connectivity index (χ2n) is 6.89. The largest absolute Gasteiger partial charge is 0.497 e. The van der Waals surface area contributed by atoms with Crippen LogP contribution in [0.5, 0.6) is 11.5 Å². The molecule has 6 nitrogen and oxygen atoms in total. The fraction of sp³-hybridized carbons (Fsp3) is 0.333. The van der Waals surface area contributed by atoms with E-state index in [4.69, 9.17) is 13.9 Å². The third-order valence-electron chi connectivity index (χ3n) is 5.06. The summed E-state index contributed by atoms with van der Waals surface area (Å²) in [6.45, 7) is 4.18. The van der Waals surface area contributed by atoms with Gasteiger partial charge in [0.25, 0.3) is 0 Å². The molecule has 6 heteroatoms. The van der Waals surface area contributed by atoms with Crippen molar-refractivity contribution in [3.63, 3.8) is 0 Å². The zero-order chi connectivity index (χ0) is 21.5. The summed E-state index contributed by atoms with van der Waals surface area (Å²) < 4.78 is 16.5. The molecule has 0 aliphatic rings. The highest BCUT2D eigenvalue weighted by Gasteiger charge is 2.15. The van der Waals surface area contributed by atoms with E-state index in [1.165, 1.54) is 0 Å². The van der Waals surface area contributed by atoms with Gasteiger partial charge >= 0.3 is 0 Å². The lowest BCUT2D eigenvalue weighted by Crippen LogP contribution is -2.15. The average Bonchev–Trinajstić information content (AvgIpc) is 3.26. The number of amides is 1. The third kappa shape index (κ3) is 4.82. The number of carbonyl (C=O) groups is 1. The Morgan fingerprint density at radius 2 is 1.80 bits per heavy atom. The number of aromatic nitrogens is 1. The van der Waals surface area contributed by atoms with Gasteiger partial charge < -0.3 is 19.2 Å². The fourth-order valence-corrected chi connectivity index (χ4v) is 3.38. The molecule has 1 N–H and O–H groups in total. The first-order valence-electron chi connectivity index (χ1n) is 10.2. The van der Waals surface area contributed by atoms with Gasteiger partial charge in [0.1, 0.15) is 11.5 Å². The smallest absolute Gasteiger partial charge is 0.224 e. The maximum absolute atomic E-state index is 12.6. The van der Waals surface area contributed by atoms with Gasteiger partial charge in [-0.3, -0.25) is 4.79 Å². The number of anilines is 1. The standard InChI is InChI=1S/C24H28N2O4/c1-5-16-8-7-9-17(6-2)24(16)26-22(27)12-13-23-25-15-21(30-23)19-11-10-18(28-3)14-20(19)29-4/h7-11,14-15H,5-6,12-13H2,1-4H3,(H,26,27). The lowest BCUT2D eigenvalue weighted by Gasteiger charge is -2.14. The van der Waals surface area contributed by atoms with Gasteiger partial charge in [-0.2, -0.15) is 0 Å². The Morgan fingerprint density at radius 1 is 1.07 bits per heavy atom. The molecular formula is C24H28N2O4. The predicted octanol–water partition coefficient (Wildman–Crippen LogP) is 5.05. The van der Waals surface area contributed by atoms with E-state index in [0.29, 0.717) is 36.0 Å². The van der Waals surface area contributed by atoms with Crippen LogP contribution in [0.2, 0.25) is 0 Å². The number of oxazole rings is 1. The number of ether oxygens (including phenoxy) is 2. The zero-order valence-electron chi connectivity index (χ0n) is 18.0. The quantitative estimate of drug-likeness (QED) is 0.536. The number of para-hydroxylation sites is 1. The Morgan fingerprint density at radius 3 is 2.43 bits per heavy atom. The average molecular weight is 408 g/mol. The minimum absolute atomic E-state index is 0.0487. The van der Waals surface area contributed by atoms with Crippen molar-refractivity contribution in [3.8, 4) is 22.8 Å². The molecule has 30 heavy (non-hydrogen) atoms. The van der Waals surface area contributed by atoms with Crippen molar-refractivity contribution in [2.45, 2.75) is 39.5 Å². The van der Waals surface area contributed by atoms with Crippen LogP contribution in [-0.4, -0.2) is 25.1 Å². The number of methoxy groups -OCH3 is 2. The number of hydrogen-bond donors (Lipinski definition) is 1. The molecule has 0 spiro atoms. The van der Waals surface area contributed by atoms with Gasteiger partial charge in [0.2, 0.25) is 5.91 Å². The molecule has 0 fully saturated rings. The second-order valence-corrected chi connectivity index (χ2v) is 6.89. The molecule has 2 aromatic carbocycles. The van der Waals surface area contributed by atoms with Gasteiger partial charge in [-0.1, -0.05) is 32.0 Å². The first kappa shape index (κ1) is 21.4. The summed E-state index contributed by atoms with van der Waals surface area (Å²) in [7, 11) is 3.20. The van der Waals surface area contributed by atoms with E-state index in [1.54, 1.807) is 26.5 Å². The fourth-order valence-electron chi connectivity index (χ4n) is 3.38. The van der Waals surface area contributed by atoms with Gasteiger partial charge in [-0.15, -0.1) is 0 Å². The minimum atomic E-state index is -0.0487. The summed E-state index contributed by atoms with van der Waals surface area (Å²) in [4.78, 5) is 16.9. The Labute approximate surface area is 177 Å². The lowest BCUT2D eigenvalue weighted by molar-refractivity contribution is -0.116. The summed E-state index contributed by atoms with van der Waals surface area (Å²) in [5.41, 5.74) is 4.01. The van der Waals surface area contributed by atoms with Crippen molar-refractivity contribution in [2.24, 2.45) is 0 Å². The maximum atomic E-state index is 12.6. The van der Waals surface area contributed by atoms with Crippen LogP contribution in [0.3, 0.4) is 0 Å². The van der Waals surface area contributed by atoms with Crippen LogP contribution < -0.4 is 14.8 Å². The number of rotatable bonds is 9. The van der Waals surface area contributed by atoms with Gasteiger partial charge in [0.15, 0.2) is 11.7 Å². The van der Waals surface area contributed by atoms with E-state index in [-0.39, 0.29) is 5.91 Å². The Balaban J connectivity index is 1.67. The monoisotopic (exact) mass is 408 g/mol. The Hall–Kier alpha value is -3.28. The summed E-state index contributed by atoms with van der Waals surface area (Å²) in [5, 5.41) is 3.08. The van der Waals surface area contributed by atoms with E-state index in [1.807, 2.05) is 18.2 Å². The summed E-state index contributed by atoms with van der Waals surface area (Å²) in [6.07, 6.45) is 4.10. The van der Waals surface area contributed by atoms with Gasteiger partial charge in [-0.05, 0) is 36.1 Å². The number of hydrogen-bond acceptors (Lipinski definition) is 5. The normalized spacial score (nSPS) is 10.7. The molecule has 0 bridgehead atoms. The Kier molecular flexibility index (Phi) is 7.12. The number of benzene rings is 2. The van der Waals surface area contributed by atoms with E-state index in [0.717, 1.165) is 35.2 Å². The number of nitrogens with one attached hydrogen (secondary N) is 1. The molecule has 0 aliphatic heterocycles. The molecule has 0 aliphatic carbocycles. The van der Waals surface area contributed by atoms with Crippen molar-refractivity contribution >= 4 is 11.6 Å².